The van der Waals surface area contributed by atoms with E-state index < -0.39 is 9.84 Å². The summed E-state index contributed by atoms with van der Waals surface area (Å²) in [5.74, 6) is 1.60. The Hall–Kier alpha value is -3.12. The van der Waals surface area contributed by atoms with E-state index in [-0.39, 0.29) is 0 Å². The monoisotopic (exact) mass is 418 g/mol. The highest BCUT2D eigenvalue weighted by Gasteiger charge is 2.15. The molecule has 5 rings (SSSR count). The molecule has 0 unspecified atom stereocenters. The van der Waals surface area contributed by atoms with E-state index in [2.05, 4.69) is 22.1 Å². The van der Waals surface area contributed by atoms with E-state index >= 15 is 0 Å². The zero-order valence-electron chi connectivity index (χ0n) is 16.7. The fourth-order valence-electron chi connectivity index (χ4n) is 4.12. The predicted molar refractivity (Wildman–Crippen MR) is 117 cm³/mol. The SMILES string of the molecule is CS(=O)(=O)c1ccccc1-c1ccc2nc(COc3ccc4c(c3)CCC4)[nH]c2c1. The summed E-state index contributed by atoms with van der Waals surface area (Å²) >= 11 is 0. The van der Waals surface area contributed by atoms with Crippen molar-refractivity contribution in [2.75, 3.05) is 6.26 Å². The van der Waals surface area contributed by atoms with E-state index in [1.807, 2.05) is 36.4 Å². The van der Waals surface area contributed by atoms with E-state index in [9.17, 15) is 8.42 Å². The fraction of sp³-hybridized carbons (Fsp3) is 0.208. The molecule has 3 aromatic carbocycles. The quantitative estimate of drug-likeness (QED) is 0.510. The molecule has 0 aliphatic heterocycles. The number of fused-ring (bicyclic) bond motifs is 2. The average Bonchev–Trinajstić information content (AvgIpc) is 3.37. The molecule has 4 aromatic rings. The Morgan fingerprint density at radius 1 is 1.00 bits per heavy atom. The Kier molecular flexibility index (Phi) is 4.59. The zero-order valence-corrected chi connectivity index (χ0v) is 17.5. The van der Waals surface area contributed by atoms with Crippen molar-refractivity contribution >= 4 is 20.9 Å². The number of benzene rings is 3. The molecule has 1 heterocycles. The van der Waals surface area contributed by atoms with Gasteiger partial charge in [0.15, 0.2) is 9.84 Å². The van der Waals surface area contributed by atoms with Gasteiger partial charge in [0.2, 0.25) is 0 Å². The van der Waals surface area contributed by atoms with Crippen molar-refractivity contribution in [3.63, 3.8) is 0 Å². The van der Waals surface area contributed by atoms with E-state index in [4.69, 9.17) is 4.74 Å². The maximum atomic E-state index is 12.1. The average molecular weight is 419 g/mol. The summed E-state index contributed by atoms with van der Waals surface area (Å²) in [5, 5.41) is 0. The van der Waals surface area contributed by atoms with Crippen molar-refractivity contribution < 1.29 is 13.2 Å². The molecule has 0 saturated carbocycles. The molecule has 1 aliphatic rings. The molecule has 0 amide bonds. The lowest BCUT2D eigenvalue weighted by atomic mass is 10.1. The predicted octanol–water partition coefficient (Wildman–Crippen LogP) is 4.70. The van der Waals surface area contributed by atoms with Gasteiger partial charge in [0.05, 0.1) is 15.9 Å². The van der Waals surface area contributed by atoms with Crippen LogP contribution in [0.15, 0.2) is 65.6 Å². The number of imidazole rings is 1. The van der Waals surface area contributed by atoms with E-state index in [0.29, 0.717) is 17.1 Å². The lowest BCUT2D eigenvalue weighted by Crippen LogP contribution is -1.99. The first kappa shape index (κ1) is 18.9. The lowest BCUT2D eigenvalue weighted by molar-refractivity contribution is 0.297. The number of sulfone groups is 1. The molecule has 1 N–H and O–H groups in total. The number of rotatable bonds is 5. The summed E-state index contributed by atoms with van der Waals surface area (Å²) in [7, 11) is -3.32. The van der Waals surface area contributed by atoms with Crippen molar-refractivity contribution in [2.24, 2.45) is 0 Å². The summed E-state index contributed by atoms with van der Waals surface area (Å²) in [5.41, 5.74) is 6.00. The van der Waals surface area contributed by atoms with Crippen LogP contribution in [0, 0.1) is 0 Å². The minimum Gasteiger partial charge on any atom is -0.486 e. The number of aryl methyl sites for hydroxylation is 2. The first-order valence-electron chi connectivity index (χ1n) is 10.00. The first-order chi connectivity index (χ1) is 14.5. The number of H-pyrrole nitrogens is 1. The second-order valence-corrected chi connectivity index (χ2v) is 9.74. The van der Waals surface area contributed by atoms with Crippen LogP contribution in [-0.2, 0) is 29.3 Å². The van der Waals surface area contributed by atoms with Gasteiger partial charge < -0.3 is 9.72 Å². The van der Waals surface area contributed by atoms with Gasteiger partial charge in [-0.1, -0.05) is 30.3 Å². The van der Waals surface area contributed by atoms with Gasteiger partial charge >= 0.3 is 0 Å². The van der Waals surface area contributed by atoms with E-state index in [1.165, 1.54) is 23.8 Å². The van der Waals surface area contributed by atoms with Crippen LogP contribution in [0.25, 0.3) is 22.2 Å². The summed E-state index contributed by atoms with van der Waals surface area (Å²) in [6.07, 6.45) is 4.72. The lowest BCUT2D eigenvalue weighted by Gasteiger charge is -2.08. The summed E-state index contributed by atoms with van der Waals surface area (Å²) in [4.78, 5) is 8.23. The van der Waals surface area contributed by atoms with Crippen LogP contribution in [0.4, 0.5) is 0 Å². The standard InChI is InChI=1S/C24H22N2O3S/c1-30(27,28)23-8-3-2-7-20(23)18-10-12-21-22(14-18)26-24(25-21)15-29-19-11-9-16-5-4-6-17(16)13-19/h2-3,7-14H,4-6,15H2,1H3,(H,25,26). The molecule has 1 aromatic heterocycles. The number of hydrogen-bond donors (Lipinski definition) is 1. The molecule has 5 nitrogen and oxygen atoms in total. The molecule has 0 bridgehead atoms. The van der Waals surface area contributed by atoms with Crippen LogP contribution >= 0.6 is 0 Å². The van der Waals surface area contributed by atoms with Crippen molar-refractivity contribution in [3.8, 4) is 16.9 Å². The number of hydrogen-bond acceptors (Lipinski definition) is 4. The molecule has 0 atom stereocenters. The normalized spacial score (nSPS) is 13.5. The molecule has 1 aliphatic carbocycles. The van der Waals surface area contributed by atoms with Crippen LogP contribution in [0.5, 0.6) is 5.75 Å². The van der Waals surface area contributed by atoms with Crippen LogP contribution in [0.1, 0.15) is 23.4 Å². The molecule has 30 heavy (non-hydrogen) atoms. The van der Waals surface area contributed by atoms with Crippen molar-refractivity contribution in [2.45, 2.75) is 30.8 Å². The Morgan fingerprint density at radius 2 is 1.83 bits per heavy atom. The highest BCUT2D eigenvalue weighted by molar-refractivity contribution is 7.90. The van der Waals surface area contributed by atoms with E-state index in [0.717, 1.165) is 41.0 Å². The van der Waals surface area contributed by atoms with Crippen LogP contribution in [0.3, 0.4) is 0 Å². The number of ether oxygens (including phenoxy) is 1. The number of aromatic amines is 1. The molecule has 152 valence electrons. The Morgan fingerprint density at radius 3 is 2.70 bits per heavy atom. The van der Waals surface area contributed by atoms with Crippen LogP contribution < -0.4 is 4.74 Å². The zero-order chi connectivity index (χ0) is 20.7. The molecule has 6 heteroatoms. The van der Waals surface area contributed by atoms with Gasteiger partial charge in [0.25, 0.3) is 0 Å². The first-order valence-corrected chi connectivity index (χ1v) is 11.9. The number of nitrogens with one attached hydrogen (secondary N) is 1. The minimum absolute atomic E-state index is 0.323. The smallest absolute Gasteiger partial charge is 0.176 e. The van der Waals surface area contributed by atoms with Gasteiger partial charge in [0.1, 0.15) is 18.2 Å². The van der Waals surface area contributed by atoms with Gasteiger partial charge in [-0.3, -0.25) is 0 Å². The summed E-state index contributed by atoms with van der Waals surface area (Å²) in [6, 6.07) is 19.1. The Balaban J connectivity index is 1.41. The highest BCUT2D eigenvalue weighted by Crippen LogP contribution is 2.30. The van der Waals surface area contributed by atoms with Gasteiger partial charge in [0, 0.05) is 11.8 Å². The maximum absolute atomic E-state index is 12.1. The van der Waals surface area contributed by atoms with Crippen molar-refractivity contribution in [1.29, 1.82) is 0 Å². The molecular formula is C24H22N2O3S. The summed E-state index contributed by atoms with van der Waals surface area (Å²) in [6.45, 7) is 0.350. The third kappa shape index (κ3) is 3.59. The third-order valence-electron chi connectivity index (χ3n) is 5.57. The summed E-state index contributed by atoms with van der Waals surface area (Å²) < 4.78 is 30.2. The second-order valence-electron chi connectivity index (χ2n) is 7.76. The van der Waals surface area contributed by atoms with Gasteiger partial charge in [-0.25, -0.2) is 13.4 Å². The Labute approximate surface area is 175 Å². The minimum atomic E-state index is -3.32. The van der Waals surface area contributed by atoms with Crippen molar-refractivity contribution in [1.82, 2.24) is 9.97 Å². The van der Waals surface area contributed by atoms with Gasteiger partial charge in [-0.05, 0) is 66.3 Å². The largest absolute Gasteiger partial charge is 0.486 e. The highest BCUT2D eigenvalue weighted by atomic mass is 32.2. The third-order valence-corrected chi connectivity index (χ3v) is 6.73. The number of nitrogens with zero attached hydrogens (tertiary/aromatic N) is 1. The number of aromatic nitrogens is 2. The van der Waals surface area contributed by atoms with E-state index in [1.54, 1.807) is 12.1 Å². The molecule has 0 saturated heterocycles. The maximum Gasteiger partial charge on any atom is 0.176 e. The topological polar surface area (TPSA) is 72.1 Å². The van der Waals surface area contributed by atoms with Crippen LogP contribution in [-0.4, -0.2) is 24.6 Å². The fourth-order valence-corrected chi connectivity index (χ4v) is 5.03. The molecular weight excluding hydrogens is 396 g/mol. The van der Waals surface area contributed by atoms with Gasteiger partial charge in [-0.15, -0.1) is 0 Å². The molecule has 0 fully saturated rings. The second kappa shape index (κ2) is 7.29. The van der Waals surface area contributed by atoms with Gasteiger partial charge in [-0.2, -0.15) is 0 Å². The molecule has 0 spiro atoms. The molecule has 0 radical (unpaired) electrons. The Bertz CT molecular complexity index is 1360. The van der Waals surface area contributed by atoms with Crippen LogP contribution in [0.2, 0.25) is 0 Å². The van der Waals surface area contributed by atoms with Crippen molar-refractivity contribution in [3.05, 3.63) is 77.6 Å².